The first kappa shape index (κ1) is 14.4. The molecule has 1 fully saturated rings. The molecule has 1 heterocycles. The molecule has 104 valence electrons. The van der Waals surface area contributed by atoms with Crippen molar-refractivity contribution in [2.45, 2.75) is 44.7 Å². The molecule has 0 spiro atoms. The Kier molecular flexibility index (Phi) is 3.90. The van der Waals surface area contributed by atoms with Crippen molar-refractivity contribution < 1.29 is 14.1 Å². The average Bonchev–Trinajstić information content (AvgIpc) is 3.02. The summed E-state index contributed by atoms with van der Waals surface area (Å²) in [6, 6.07) is 7.88. The predicted molar refractivity (Wildman–Crippen MR) is 74.6 cm³/mol. The van der Waals surface area contributed by atoms with Crippen LogP contribution in [-0.4, -0.2) is 26.3 Å². The third-order valence-electron chi connectivity index (χ3n) is 3.03. The van der Waals surface area contributed by atoms with Crippen molar-refractivity contribution in [3.05, 3.63) is 35.4 Å². The second-order valence-corrected chi connectivity index (χ2v) is 7.84. The van der Waals surface area contributed by atoms with Crippen molar-refractivity contribution in [1.29, 1.82) is 0 Å². The highest BCUT2D eigenvalue weighted by atomic mass is 32.2. The molecule has 0 N–H and O–H groups in total. The lowest BCUT2D eigenvalue weighted by Crippen LogP contribution is -2.34. The molecule has 4 atom stereocenters. The molecule has 2 rings (SSSR count). The maximum atomic E-state index is 12.4. The quantitative estimate of drug-likeness (QED) is 0.483. The minimum Gasteiger partial charge on any atom is -0.597 e. The van der Waals surface area contributed by atoms with E-state index in [1.165, 1.54) is 5.56 Å². The Morgan fingerprint density at radius 3 is 2.37 bits per heavy atom. The van der Waals surface area contributed by atoms with Crippen LogP contribution < -0.4 is 0 Å². The highest BCUT2D eigenvalue weighted by molar-refractivity contribution is 7.90. The predicted octanol–water partition coefficient (Wildman–Crippen LogP) is 2.31. The van der Waals surface area contributed by atoms with Crippen molar-refractivity contribution in [3.8, 4) is 0 Å². The van der Waals surface area contributed by atoms with Gasteiger partial charge in [0.15, 0.2) is 0 Å². The van der Waals surface area contributed by atoms with E-state index in [4.69, 9.17) is 4.74 Å². The van der Waals surface area contributed by atoms with Gasteiger partial charge in [0.1, 0.15) is 10.8 Å². The second-order valence-electron chi connectivity index (χ2n) is 5.70. The van der Waals surface area contributed by atoms with Gasteiger partial charge in [0.25, 0.3) is 6.47 Å². The van der Waals surface area contributed by atoms with Crippen LogP contribution in [-0.2, 0) is 20.9 Å². The fraction of sp³-hybridized carbons (Fsp3) is 0.500. The van der Waals surface area contributed by atoms with Crippen LogP contribution >= 0.6 is 0 Å². The zero-order valence-corrected chi connectivity index (χ0v) is 12.4. The monoisotopic (exact) mass is 281 g/mol. The van der Waals surface area contributed by atoms with E-state index in [0.717, 1.165) is 5.56 Å². The average molecular weight is 281 g/mol. The normalized spacial score (nSPS) is 27.7. The van der Waals surface area contributed by atoms with Crippen molar-refractivity contribution in [1.82, 2.24) is 4.31 Å². The van der Waals surface area contributed by atoms with E-state index in [0.29, 0.717) is 6.47 Å². The summed E-state index contributed by atoms with van der Waals surface area (Å²) in [5.74, 6) is 0. The summed E-state index contributed by atoms with van der Waals surface area (Å²) in [5, 5.41) is 0. The molecule has 5 heteroatoms. The van der Waals surface area contributed by atoms with E-state index in [1.807, 2.05) is 52.0 Å². The molecule has 0 radical (unpaired) electrons. The number of rotatable bonds is 4. The summed E-state index contributed by atoms with van der Waals surface area (Å²) in [4.78, 5) is 10.6. The Balaban J connectivity index is 2.19. The molecule has 1 aromatic carbocycles. The number of benzene rings is 1. The summed E-state index contributed by atoms with van der Waals surface area (Å²) in [7, 11) is 0. The van der Waals surface area contributed by atoms with E-state index >= 15 is 0 Å². The number of nitrogens with zero attached hydrogens (tertiary/aromatic N) is 1. The first-order valence-electron chi connectivity index (χ1n) is 6.22. The fourth-order valence-electron chi connectivity index (χ4n) is 1.97. The Morgan fingerprint density at radius 1 is 1.32 bits per heavy atom. The third kappa shape index (κ3) is 2.94. The van der Waals surface area contributed by atoms with Gasteiger partial charge in [-0.05, 0) is 33.3 Å². The molecule has 4 nitrogen and oxygen atoms in total. The summed E-state index contributed by atoms with van der Waals surface area (Å²) in [5.41, 5.74) is 2.19. The van der Waals surface area contributed by atoms with Gasteiger partial charge in [-0.3, -0.25) is 4.79 Å². The Hall–Kier alpha value is -1.04. The molecule has 19 heavy (non-hydrogen) atoms. The van der Waals surface area contributed by atoms with Crippen molar-refractivity contribution >= 4 is 17.8 Å². The summed E-state index contributed by atoms with van der Waals surface area (Å²) >= 11 is -1.20. The third-order valence-corrected chi connectivity index (χ3v) is 4.90. The SMILES string of the molecule is Cc1ccc([C@H]2[C@@H](OC=O)N2[S+]([O-])C(C)(C)C)cc1. The number of hydrogen-bond acceptors (Lipinski definition) is 4. The lowest BCUT2D eigenvalue weighted by molar-refractivity contribution is -0.130. The van der Waals surface area contributed by atoms with Gasteiger partial charge < -0.3 is 9.29 Å². The number of ether oxygens (including phenoxy) is 1. The van der Waals surface area contributed by atoms with E-state index in [2.05, 4.69) is 0 Å². The molecule has 0 amide bonds. The second kappa shape index (κ2) is 5.15. The van der Waals surface area contributed by atoms with Gasteiger partial charge in [-0.1, -0.05) is 34.1 Å². The molecule has 1 saturated heterocycles. The van der Waals surface area contributed by atoms with E-state index in [9.17, 15) is 9.35 Å². The highest BCUT2D eigenvalue weighted by Crippen LogP contribution is 2.48. The minimum absolute atomic E-state index is 0.106. The van der Waals surface area contributed by atoms with E-state index in [-0.39, 0.29) is 10.8 Å². The molecule has 0 aromatic heterocycles. The zero-order valence-electron chi connectivity index (χ0n) is 11.6. The van der Waals surface area contributed by atoms with Gasteiger partial charge in [0.05, 0.1) is 11.4 Å². The van der Waals surface area contributed by atoms with Crippen LogP contribution in [0.15, 0.2) is 24.3 Å². The van der Waals surface area contributed by atoms with Crippen LogP contribution in [0.5, 0.6) is 0 Å². The molecular formula is C14H19NO3S. The maximum absolute atomic E-state index is 12.4. The van der Waals surface area contributed by atoms with Crippen LogP contribution in [0.2, 0.25) is 0 Å². The maximum Gasteiger partial charge on any atom is 0.294 e. The fourth-order valence-corrected chi connectivity index (χ4v) is 3.34. The van der Waals surface area contributed by atoms with Gasteiger partial charge in [0, 0.05) is 0 Å². The number of aryl methyl sites for hydroxylation is 1. The zero-order chi connectivity index (χ0) is 14.2. The standard InChI is InChI=1S/C14H19NO3S/c1-10-5-7-11(8-6-10)12-13(18-9-16)15(12)19(17)14(2,3)4/h5-9,12-13H,1-4H3/t12-,13+,15?,19?/m0/s1. The Labute approximate surface area is 117 Å². The molecule has 1 aliphatic rings. The van der Waals surface area contributed by atoms with Gasteiger partial charge in [-0.15, -0.1) is 0 Å². The van der Waals surface area contributed by atoms with Crippen LogP contribution in [0.4, 0.5) is 0 Å². The molecule has 1 aliphatic heterocycles. The first-order valence-corrected chi connectivity index (χ1v) is 7.33. The number of carbonyl (C=O) groups is 1. The van der Waals surface area contributed by atoms with E-state index < -0.39 is 17.6 Å². The molecule has 0 bridgehead atoms. The lowest BCUT2D eigenvalue weighted by atomic mass is 10.1. The summed E-state index contributed by atoms with van der Waals surface area (Å²) in [6.45, 7) is 8.16. The highest BCUT2D eigenvalue weighted by Gasteiger charge is 2.62. The van der Waals surface area contributed by atoms with Crippen LogP contribution in [0.25, 0.3) is 0 Å². The molecule has 0 aliphatic carbocycles. The van der Waals surface area contributed by atoms with Crippen LogP contribution in [0.3, 0.4) is 0 Å². The smallest absolute Gasteiger partial charge is 0.294 e. The van der Waals surface area contributed by atoms with Crippen LogP contribution in [0, 0.1) is 6.92 Å². The Morgan fingerprint density at radius 2 is 1.89 bits per heavy atom. The molecular weight excluding hydrogens is 262 g/mol. The van der Waals surface area contributed by atoms with Crippen molar-refractivity contribution in [2.75, 3.05) is 0 Å². The topological polar surface area (TPSA) is 52.4 Å². The van der Waals surface area contributed by atoms with Gasteiger partial charge in [-0.25, -0.2) is 0 Å². The molecule has 0 saturated carbocycles. The van der Waals surface area contributed by atoms with Gasteiger partial charge >= 0.3 is 0 Å². The van der Waals surface area contributed by atoms with E-state index in [1.54, 1.807) is 4.31 Å². The molecule has 2 unspecified atom stereocenters. The summed E-state index contributed by atoms with van der Waals surface area (Å²) in [6.07, 6.45) is -0.416. The van der Waals surface area contributed by atoms with Crippen molar-refractivity contribution in [3.63, 3.8) is 0 Å². The van der Waals surface area contributed by atoms with Crippen molar-refractivity contribution in [2.24, 2.45) is 0 Å². The largest absolute Gasteiger partial charge is 0.597 e. The number of carbonyl (C=O) groups excluding carboxylic acids is 1. The lowest BCUT2D eigenvalue weighted by Gasteiger charge is -2.24. The molecule has 1 aromatic rings. The minimum atomic E-state index is -1.20. The van der Waals surface area contributed by atoms with Gasteiger partial charge in [0.2, 0.25) is 6.23 Å². The first-order chi connectivity index (χ1) is 8.86. The summed E-state index contributed by atoms with van der Waals surface area (Å²) < 4.78 is 18.8. The van der Waals surface area contributed by atoms with Crippen LogP contribution in [0.1, 0.15) is 37.9 Å². The van der Waals surface area contributed by atoms with Gasteiger partial charge in [-0.2, -0.15) is 0 Å². The number of hydrogen-bond donors (Lipinski definition) is 0. The Bertz CT molecular complexity index is 455.